The van der Waals surface area contributed by atoms with Gasteiger partial charge in [-0.25, -0.2) is 9.59 Å². The van der Waals surface area contributed by atoms with E-state index in [1.54, 1.807) is 0 Å². The van der Waals surface area contributed by atoms with Gasteiger partial charge in [0.05, 0.1) is 29.2 Å². The van der Waals surface area contributed by atoms with Gasteiger partial charge < -0.3 is 25.1 Å². The fraction of sp³-hybridized carbons (Fsp3) is 0.136. The molecule has 0 bridgehead atoms. The first kappa shape index (κ1) is 22.8. The van der Waals surface area contributed by atoms with Crippen LogP contribution in [-0.2, 0) is 30.0 Å². The van der Waals surface area contributed by atoms with Crippen LogP contribution in [0.1, 0.15) is 12.5 Å². The molecular weight excluding hydrogens is 406 g/mol. The van der Waals surface area contributed by atoms with Gasteiger partial charge in [0.15, 0.2) is 4.90 Å². The fourth-order valence-electron chi connectivity index (χ4n) is 2.66. The Morgan fingerprint density at radius 1 is 1.07 bits per heavy atom. The molecule has 0 radical (unpaired) electrons. The molecule has 2 aromatic rings. The molecule has 1 aliphatic heterocycles. The third kappa shape index (κ3) is 5.99. The van der Waals surface area contributed by atoms with Crippen molar-refractivity contribution in [2.75, 3.05) is 18.2 Å². The molecule has 0 saturated heterocycles. The summed E-state index contributed by atoms with van der Waals surface area (Å²) in [5, 5.41) is 20.6. The Bertz CT molecular complexity index is 968. The van der Waals surface area contributed by atoms with E-state index in [4.69, 9.17) is 9.84 Å². The van der Waals surface area contributed by atoms with E-state index in [1.807, 2.05) is 55.5 Å². The van der Waals surface area contributed by atoms with Crippen LogP contribution in [-0.4, -0.2) is 35.9 Å². The van der Waals surface area contributed by atoms with Crippen molar-refractivity contribution in [1.82, 2.24) is 0 Å². The van der Waals surface area contributed by atoms with E-state index in [-0.39, 0.29) is 16.9 Å². The van der Waals surface area contributed by atoms with Crippen LogP contribution in [0.15, 0.2) is 76.5 Å². The highest BCUT2D eigenvalue weighted by Gasteiger charge is 2.40. The summed E-state index contributed by atoms with van der Waals surface area (Å²) in [4.78, 5) is 33.3. The van der Waals surface area contributed by atoms with Gasteiger partial charge in [-0.2, -0.15) is 0 Å². The number of hydrogen-bond donors (Lipinski definition) is 2. The maximum absolute atomic E-state index is 12.5. The third-order valence-electron chi connectivity index (χ3n) is 3.90. The predicted molar refractivity (Wildman–Crippen MR) is 113 cm³/mol. The molecule has 0 fully saturated rings. The Morgan fingerprint density at radius 3 is 2.27 bits per heavy atom. The predicted octanol–water partition coefficient (Wildman–Crippen LogP) is 2.03. The molecule has 1 atom stereocenters. The fourth-order valence-corrected chi connectivity index (χ4v) is 4.40. The maximum atomic E-state index is 12.5. The Kier molecular flexibility index (Phi) is 8.25. The monoisotopic (exact) mass is 427 g/mol. The van der Waals surface area contributed by atoms with Crippen LogP contribution < -0.4 is 10.4 Å². The van der Waals surface area contributed by atoms with Crippen molar-refractivity contribution >= 4 is 40.2 Å². The minimum atomic E-state index is -1.51. The van der Waals surface area contributed by atoms with E-state index in [2.05, 4.69) is 17.6 Å². The summed E-state index contributed by atoms with van der Waals surface area (Å²) >= 11 is 0. The molecular formula is C22H21NO6S. The van der Waals surface area contributed by atoms with E-state index in [9.17, 15) is 19.5 Å². The van der Waals surface area contributed by atoms with E-state index in [1.165, 1.54) is 0 Å². The van der Waals surface area contributed by atoms with Gasteiger partial charge in [0.25, 0.3) is 4.91 Å². The lowest BCUT2D eigenvalue weighted by Gasteiger charge is -2.21. The van der Waals surface area contributed by atoms with Crippen LogP contribution in [0.5, 0.6) is 0 Å². The number of aliphatic carboxylic acids is 2. The molecule has 1 unspecified atom stereocenters. The van der Waals surface area contributed by atoms with Gasteiger partial charge in [-0.15, -0.1) is 0 Å². The summed E-state index contributed by atoms with van der Waals surface area (Å²) in [6.07, 6.45) is 3.02. The highest BCUT2D eigenvalue weighted by Crippen LogP contribution is 2.38. The number of carboxylic acids is 2. The number of nitrogens with one attached hydrogen (secondary N) is 1. The normalized spacial score (nSPS) is 14.8. The molecule has 0 spiro atoms. The number of benzene rings is 2. The first-order chi connectivity index (χ1) is 14.3. The maximum Gasteiger partial charge on any atom is 0.389 e. The zero-order chi connectivity index (χ0) is 22.1. The minimum Gasteiger partial charge on any atom is -0.545 e. The number of carboxylic acid groups (broad SMARTS) is 2. The van der Waals surface area contributed by atoms with Crippen molar-refractivity contribution in [3.05, 3.63) is 77.2 Å². The second kappa shape index (κ2) is 10.9. The number of hydrogen-bond acceptors (Lipinski definition) is 6. The van der Waals surface area contributed by atoms with Gasteiger partial charge in [0, 0.05) is 11.6 Å². The van der Waals surface area contributed by atoms with Gasteiger partial charge in [-0.05, 0) is 25.1 Å². The van der Waals surface area contributed by atoms with Crippen LogP contribution in [0.4, 0.5) is 5.69 Å². The molecule has 30 heavy (non-hydrogen) atoms. The number of carbonyl (C=O) groups is 3. The molecule has 3 rings (SSSR count). The zero-order valence-electron chi connectivity index (χ0n) is 16.5. The van der Waals surface area contributed by atoms with E-state index >= 15 is 0 Å². The van der Waals surface area contributed by atoms with Crippen molar-refractivity contribution in [2.24, 2.45) is 0 Å². The van der Waals surface area contributed by atoms with Crippen molar-refractivity contribution in [3.8, 4) is 0 Å². The molecule has 8 heteroatoms. The number of esters is 1. The molecule has 7 nitrogen and oxygen atoms in total. The van der Waals surface area contributed by atoms with Crippen molar-refractivity contribution in [2.45, 2.75) is 11.8 Å². The molecule has 1 heterocycles. The van der Waals surface area contributed by atoms with E-state index in [0.29, 0.717) is 23.7 Å². The molecule has 1 aliphatic rings. The Hall–Kier alpha value is -3.52. The lowest BCUT2D eigenvalue weighted by atomic mass is 10.1. The highest BCUT2D eigenvalue weighted by molar-refractivity contribution is 8.01. The Labute approximate surface area is 177 Å². The summed E-state index contributed by atoms with van der Waals surface area (Å²) < 4.78 is 5.29. The lowest BCUT2D eigenvalue weighted by Crippen LogP contribution is -2.24. The molecule has 0 saturated carbocycles. The average molecular weight is 427 g/mol. The molecule has 2 N–H and O–H groups in total. The van der Waals surface area contributed by atoms with Gasteiger partial charge in [0.2, 0.25) is 0 Å². The first-order valence-corrected chi connectivity index (χ1v) is 10.6. The second-order valence-corrected chi connectivity index (χ2v) is 7.78. The number of carbonyl (C=O) groups excluding carboxylic acids is 2. The Balaban J connectivity index is 0.000000343. The average Bonchev–Trinajstić information content (AvgIpc) is 2.73. The second-order valence-electron chi connectivity index (χ2n) is 5.91. The summed E-state index contributed by atoms with van der Waals surface area (Å²) in [5.41, 5.74) is 2.91. The number of para-hydroxylation sites is 1. The molecule has 0 amide bonds. The first-order valence-electron chi connectivity index (χ1n) is 8.96. The molecule has 2 aromatic carbocycles. The molecule has 156 valence electrons. The largest absolute Gasteiger partial charge is 0.545 e. The molecule has 0 aromatic heterocycles. The van der Waals surface area contributed by atoms with Crippen LogP contribution in [0.2, 0.25) is 0 Å². The minimum absolute atomic E-state index is 0.241. The van der Waals surface area contributed by atoms with Gasteiger partial charge in [0.1, 0.15) is 12.0 Å². The number of anilines is 1. The summed E-state index contributed by atoms with van der Waals surface area (Å²) in [5.74, 6) is -3.05. The number of rotatable bonds is 5. The topological polar surface area (TPSA) is 116 Å². The van der Waals surface area contributed by atoms with E-state index < -0.39 is 11.9 Å². The van der Waals surface area contributed by atoms with Crippen LogP contribution >= 0.6 is 0 Å². The third-order valence-corrected chi connectivity index (χ3v) is 5.89. The molecule has 0 aliphatic carbocycles. The quantitative estimate of drug-likeness (QED) is 0.426. The van der Waals surface area contributed by atoms with Crippen molar-refractivity contribution in [1.29, 1.82) is 0 Å². The Morgan fingerprint density at radius 2 is 1.70 bits per heavy atom. The highest BCUT2D eigenvalue weighted by atomic mass is 32.2. The van der Waals surface area contributed by atoms with Crippen molar-refractivity contribution < 1.29 is 29.3 Å². The van der Waals surface area contributed by atoms with Gasteiger partial charge in [-0.1, -0.05) is 42.5 Å². The number of ether oxygens (including phenoxy) is 1. The smallest absolute Gasteiger partial charge is 0.389 e. The van der Waals surface area contributed by atoms with Crippen LogP contribution in [0.25, 0.3) is 5.70 Å². The summed E-state index contributed by atoms with van der Waals surface area (Å²) in [6, 6.07) is 18.0. The van der Waals surface area contributed by atoms with E-state index in [0.717, 1.165) is 21.8 Å². The summed E-state index contributed by atoms with van der Waals surface area (Å²) in [6.45, 7) is 2.21. The van der Waals surface area contributed by atoms with Gasteiger partial charge >= 0.3 is 11.9 Å². The SMILES string of the molecule is CCOC(=O)C1=C(c2ccccc2)Nc2ccccc2[S+]1C.O=C([O-])/C=C/C(=O)O. The van der Waals surface area contributed by atoms with Crippen molar-refractivity contribution in [3.63, 3.8) is 0 Å². The van der Waals surface area contributed by atoms with Crippen LogP contribution in [0.3, 0.4) is 0 Å². The van der Waals surface area contributed by atoms with Gasteiger partial charge in [-0.3, -0.25) is 0 Å². The number of fused-ring (bicyclic) bond motifs is 1. The lowest BCUT2D eigenvalue weighted by molar-refractivity contribution is -0.297. The standard InChI is InChI=1S/C18H17NO2S.C4H4O4/c1-3-21-18(20)17-16(13-9-5-4-6-10-13)19-14-11-7-8-12-15(14)22(17)2;5-3(6)1-2-4(7)8/h4-12H,3H2,1-2H3;1-2H,(H,5,6)(H,7,8)/b;2-1+. The van der Waals surface area contributed by atoms with Crippen LogP contribution in [0, 0.1) is 0 Å². The zero-order valence-corrected chi connectivity index (χ0v) is 17.3. The summed E-state index contributed by atoms with van der Waals surface area (Å²) in [7, 11) is -0.322.